The molecule has 1 atom stereocenters. The zero-order chi connectivity index (χ0) is 19.7. The molecule has 0 saturated carbocycles. The van der Waals surface area contributed by atoms with Crippen molar-refractivity contribution in [3.63, 3.8) is 0 Å². The molecular formula is C21H21N3O3S. The molecule has 1 N–H and O–H groups in total. The molecule has 1 saturated heterocycles. The SMILES string of the molecule is COc1ccc(CC[C@@]2(C)NC(=O)N(Cc3nc4ccccc4s3)C2=O)cc1. The van der Waals surface area contributed by atoms with Crippen LogP contribution in [0.25, 0.3) is 10.2 Å². The van der Waals surface area contributed by atoms with Crippen LogP contribution in [0.4, 0.5) is 4.79 Å². The first-order valence-electron chi connectivity index (χ1n) is 9.10. The van der Waals surface area contributed by atoms with Crippen molar-refractivity contribution in [2.45, 2.75) is 31.8 Å². The Morgan fingerprint density at radius 3 is 2.61 bits per heavy atom. The second kappa shape index (κ2) is 7.24. The van der Waals surface area contributed by atoms with Crippen LogP contribution in [-0.2, 0) is 17.8 Å². The highest BCUT2D eigenvalue weighted by Gasteiger charge is 2.47. The minimum absolute atomic E-state index is 0.197. The first-order chi connectivity index (χ1) is 13.5. The van der Waals surface area contributed by atoms with Crippen LogP contribution in [0.15, 0.2) is 48.5 Å². The average molecular weight is 395 g/mol. The van der Waals surface area contributed by atoms with E-state index < -0.39 is 5.54 Å². The van der Waals surface area contributed by atoms with E-state index in [0.717, 1.165) is 26.5 Å². The largest absolute Gasteiger partial charge is 0.497 e. The number of benzene rings is 2. The maximum absolute atomic E-state index is 13.0. The number of nitrogens with one attached hydrogen (secondary N) is 1. The predicted molar refractivity (Wildman–Crippen MR) is 108 cm³/mol. The second-order valence-corrected chi connectivity index (χ2v) is 8.19. The van der Waals surface area contributed by atoms with Gasteiger partial charge in [0.1, 0.15) is 16.3 Å². The Morgan fingerprint density at radius 2 is 1.89 bits per heavy atom. The molecule has 0 bridgehead atoms. The zero-order valence-electron chi connectivity index (χ0n) is 15.8. The van der Waals surface area contributed by atoms with Crippen LogP contribution in [0.5, 0.6) is 5.75 Å². The van der Waals surface area contributed by atoms with Gasteiger partial charge in [0.15, 0.2) is 0 Å². The number of rotatable bonds is 6. The van der Waals surface area contributed by atoms with Crippen molar-refractivity contribution in [1.29, 1.82) is 0 Å². The Labute approximate surface area is 167 Å². The van der Waals surface area contributed by atoms with Crippen molar-refractivity contribution in [3.8, 4) is 5.75 Å². The number of amides is 3. The van der Waals surface area contributed by atoms with Gasteiger partial charge in [-0.3, -0.25) is 9.69 Å². The summed E-state index contributed by atoms with van der Waals surface area (Å²) >= 11 is 1.51. The van der Waals surface area contributed by atoms with Crippen LogP contribution in [0.1, 0.15) is 23.9 Å². The quantitative estimate of drug-likeness (QED) is 0.645. The smallest absolute Gasteiger partial charge is 0.325 e. The molecule has 0 unspecified atom stereocenters. The highest BCUT2D eigenvalue weighted by molar-refractivity contribution is 7.18. The summed E-state index contributed by atoms with van der Waals surface area (Å²) in [7, 11) is 1.63. The van der Waals surface area contributed by atoms with Gasteiger partial charge in [0.05, 0.1) is 23.9 Å². The van der Waals surface area contributed by atoms with E-state index in [9.17, 15) is 9.59 Å². The number of nitrogens with zero attached hydrogens (tertiary/aromatic N) is 2. The number of hydrogen-bond donors (Lipinski definition) is 1. The molecule has 0 radical (unpaired) electrons. The number of para-hydroxylation sites is 1. The van der Waals surface area contributed by atoms with Crippen molar-refractivity contribution >= 4 is 33.5 Å². The van der Waals surface area contributed by atoms with Crippen molar-refractivity contribution < 1.29 is 14.3 Å². The van der Waals surface area contributed by atoms with E-state index in [0.29, 0.717) is 12.8 Å². The van der Waals surface area contributed by atoms with Gasteiger partial charge in [0, 0.05) is 0 Å². The van der Waals surface area contributed by atoms with Crippen LogP contribution < -0.4 is 10.1 Å². The zero-order valence-corrected chi connectivity index (χ0v) is 16.6. The fourth-order valence-corrected chi connectivity index (χ4v) is 4.33. The molecule has 3 aromatic rings. The Hall–Kier alpha value is -2.93. The summed E-state index contributed by atoms with van der Waals surface area (Å²) in [4.78, 5) is 31.3. The molecule has 28 heavy (non-hydrogen) atoms. The molecule has 2 aromatic carbocycles. The van der Waals surface area contributed by atoms with Gasteiger partial charge in [0.2, 0.25) is 0 Å². The van der Waals surface area contributed by atoms with Crippen molar-refractivity contribution in [2.24, 2.45) is 0 Å². The fourth-order valence-electron chi connectivity index (χ4n) is 3.37. The first-order valence-corrected chi connectivity index (χ1v) is 9.92. The van der Waals surface area contributed by atoms with E-state index in [4.69, 9.17) is 4.74 Å². The average Bonchev–Trinajstić information content (AvgIpc) is 3.21. The number of methoxy groups -OCH3 is 1. The Kier molecular flexibility index (Phi) is 4.77. The Morgan fingerprint density at radius 1 is 1.14 bits per heavy atom. The predicted octanol–water partition coefficient (Wildman–Crippen LogP) is 3.75. The maximum atomic E-state index is 13.0. The van der Waals surface area contributed by atoms with Crippen LogP contribution in [0.2, 0.25) is 0 Å². The highest BCUT2D eigenvalue weighted by atomic mass is 32.1. The Bertz CT molecular complexity index is 998. The molecule has 7 heteroatoms. The summed E-state index contributed by atoms with van der Waals surface area (Å²) in [6.07, 6.45) is 1.21. The van der Waals surface area contributed by atoms with E-state index in [1.807, 2.05) is 48.5 Å². The summed E-state index contributed by atoms with van der Waals surface area (Å²) < 4.78 is 6.22. The van der Waals surface area contributed by atoms with Gasteiger partial charge in [-0.1, -0.05) is 24.3 Å². The fraction of sp³-hybridized carbons (Fsp3) is 0.286. The summed E-state index contributed by atoms with van der Waals surface area (Å²) in [6.45, 7) is 1.98. The van der Waals surface area contributed by atoms with Gasteiger partial charge in [-0.05, 0) is 49.6 Å². The van der Waals surface area contributed by atoms with Crippen molar-refractivity contribution in [1.82, 2.24) is 15.2 Å². The molecule has 1 aliphatic rings. The summed E-state index contributed by atoms with van der Waals surface area (Å²) in [5.74, 6) is 0.590. The van der Waals surface area contributed by atoms with E-state index in [1.165, 1.54) is 16.2 Å². The molecule has 6 nitrogen and oxygen atoms in total. The standard InChI is InChI=1S/C21H21N3O3S/c1-21(12-11-14-7-9-15(27-2)10-8-14)19(25)24(20(26)23-21)13-18-22-16-5-3-4-6-17(16)28-18/h3-10H,11-13H2,1-2H3,(H,23,26)/t21-/m1/s1. The number of aryl methyl sites for hydroxylation is 1. The number of carbonyl (C=O) groups excluding carboxylic acids is 2. The lowest BCUT2D eigenvalue weighted by atomic mass is 9.93. The molecule has 1 aliphatic heterocycles. The van der Waals surface area contributed by atoms with Gasteiger partial charge in [-0.25, -0.2) is 9.78 Å². The number of fused-ring (bicyclic) bond motifs is 1. The normalized spacial score (nSPS) is 19.3. The van der Waals surface area contributed by atoms with Crippen LogP contribution >= 0.6 is 11.3 Å². The molecule has 3 amide bonds. The molecular weight excluding hydrogens is 374 g/mol. The number of imide groups is 1. The lowest BCUT2D eigenvalue weighted by Gasteiger charge is -2.21. The number of urea groups is 1. The molecule has 0 spiro atoms. The first kappa shape index (κ1) is 18.4. The van der Waals surface area contributed by atoms with E-state index in [-0.39, 0.29) is 18.5 Å². The molecule has 4 rings (SSSR count). The molecule has 1 aromatic heterocycles. The number of aromatic nitrogens is 1. The molecule has 1 fully saturated rings. The third kappa shape index (κ3) is 3.45. The number of thiazole rings is 1. The van der Waals surface area contributed by atoms with Crippen LogP contribution in [0.3, 0.4) is 0 Å². The summed E-state index contributed by atoms with van der Waals surface area (Å²) in [5, 5.41) is 3.62. The number of hydrogen-bond acceptors (Lipinski definition) is 5. The minimum atomic E-state index is -0.909. The molecule has 2 heterocycles. The second-order valence-electron chi connectivity index (χ2n) is 7.08. The maximum Gasteiger partial charge on any atom is 0.325 e. The lowest BCUT2D eigenvalue weighted by molar-refractivity contribution is -0.131. The molecule has 144 valence electrons. The highest BCUT2D eigenvalue weighted by Crippen LogP contribution is 2.28. The Balaban J connectivity index is 1.45. The topological polar surface area (TPSA) is 71.5 Å². The summed E-state index contributed by atoms with van der Waals surface area (Å²) in [5.41, 5.74) is 1.07. The van der Waals surface area contributed by atoms with Gasteiger partial charge >= 0.3 is 6.03 Å². The third-order valence-corrected chi connectivity index (χ3v) is 6.07. The molecule has 0 aliphatic carbocycles. The number of ether oxygens (including phenoxy) is 1. The van der Waals surface area contributed by atoms with Crippen LogP contribution in [-0.4, -0.2) is 34.5 Å². The minimum Gasteiger partial charge on any atom is -0.497 e. The van der Waals surface area contributed by atoms with Gasteiger partial charge < -0.3 is 10.1 Å². The summed E-state index contributed by atoms with van der Waals surface area (Å²) in [6, 6.07) is 15.2. The van der Waals surface area contributed by atoms with E-state index in [2.05, 4.69) is 10.3 Å². The van der Waals surface area contributed by atoms with Gasteiger partial charge in [-0.15, -0.1) is 11.3 Å². The van der Waals surface area contributed by atoms with Crippen LogP contribution in [0, 0.1) is 0 Å². The van der Waals surface area contributed by atoms with E-state index >= 15 is 0 Å². The third-order valence-electron chi connectivity index (χ3n) is 5.05. The van der Waals surface area contributed by atoms with Gasteiger partial charge in [0.25, 0.3) is 5.91 Å². The van der Waals surface area contributed by atoms with Crippen molar-refractivity contribution in [3.05, 3.63) is 59.1 Å². The lowest BCUT2D eigenvalue weighted by Crippen LogP contribution is -2.44. The van der Waals surface area contributed by atoms with Crippen molar-refractivity contribution in [2.75, 3.05) is 7.11 Å². The monoisotopic (exact) mass is 395 g/mol. The van der Waals surface area contributed by atoms with Gasteiger partial charge in [-0.2, -0.15) is 0 Å². The van der Waals surface area contributed by atoms with E-state index in [1.54, 1.807) is 14.0 Å². The number of carbonyl (C=O) groups is 2.